The third-order valence-electron chi connectivity index (χ3n) is 3.85. The number of nitrogen functional groups attached to an aromatic ring is 1. The van der Waals surface area contributed by atoms with Crippen LogP contribution in [0.1, 0.15) is 33.1 Å². The van der Waals surface area contributed by atoms with Crippen molar-refractivity contribution in [2.24, 2.45) is 0 Å². The van der Waals surface area contributed by atoms with Gasteiger partial charge in [0.25, 0.3) is 5.91 Å². The number of rotatable bonds is 2. The van der Waals surface area contributed by atoms with E-state index in [9.17, 15) is 9.90 Å². The fraction of sp³-hybridized carbons (Fsp3) is 0.235. The van der Waals surface area contributed by atoms with Gasteiger partial charge in [-0.3, -0.25) is 4.79 Å². The van der Waals surface area contributed by atoms with Gasteiger partial charge < -0.3 is 16.2 Å². The number of nitrogens with one attached hydrogen (secondary N) is 1. The Morgan fingerprint density at radius 3 is 2.81 bits per heavy atom. The number of aliphatic hydroxyl groups excluding tert-OH is 1. The first-order valence-electron chi connectivity index (χ1n) is 6.98. The molecule has 0 saturated heterocycles. The number of amides is 1. The van der Waals surface area contributed by atoms with Crippen molar-refractivity contribution in [2.45, 2.75) is 25.5 Å². The molecule has 0 saturated carbocycles. The summed E-state index contributed by atoms with van der Waals surface area (Å²) in [5, 5.41) is 13.1. The Kier molecular flexibility index (Phi) is 3.39. The molecular weight excluding hydrogens is 264 g/mol. The maximum atomic E-state index is 12.4. The van der Waals surface area contributed by atoms with Gasteiger partial charge in [-0.1, -0.05) is 24.3 Å². The predicted octanol–water partition coefficient (Wildman–Crippen LogP) is 1.97. The molecule has 21 heavy (non-hydrogen) atoms. The van der Waals surface area contributed by atoms with Crippen molar-refractivity contribution in [3.63, 3.8) is 0 Å². The average Bonchev–Trinajstić information content (AvgIpc) is 2.74. The molecule has 0 radical (unpaired) electrons. The molecule has 4 heteroatoms. The first kappa shape index (κ1) is 13.6. The van der Waals surface area contributed by atoms with Crippen molar-refractivity contribution in [1.29, 1.82) is 0 Å². The lowest BCUT2D eigenvalue weighted by molar-refractivity contribution is 0.0858. The maximum Gasteiger partial charge on any atom is 0.251 e. The molecule has 3 rings (SSSR count). The van der Waals surface area contributed by atoms with Gasteiger partial charge in [-0.25, -0.2) is 0 Å². The summed E-state index contributed by atoms with van der Waals surface area (Å²) in [6, 6.07) is 12.7. The van der Waals surface area contributed by atoms with E-state index in [2.05, 4.69) is 5.32 Å². The number of aliphatic hydroxyl groups is 1. The molecule has 0 aliphatic heterocycles. The minimum absolute atomic E-state index is 0.217. The maximum absolute atomic E-state index is 12.4. The van der Waals surface area contributed by atoms with Gasteiger partial charge in [0.1, 0.15) is 0 Å². The van der Waals surface area contributed by atoms with E-state index in [1.165, 1.54) is 0 Å². The molecule has 0 bridgehead atoms. The second-order valence-corrected chi connectivity index (χ2v) is 5.55. The number of hydrogen-bond acceptors (Lipinski definition) is 3. The van der Waals surface area contributed by atoms with Gasteiger partial charge in [-0.2, -0.15) is 0 Å². The molecule has 2 atom stereocenters. The first-order valence-corrected chi connectivity index (χ1v) is 6.98. The number of carbonyl (C=O) groups excluding carboxylic acids is 1. The quantitative estimate of drug-likeness (QED) is 0.737. The van der Waals surface area contributed by atoms with Crippen molar-refractivity contribution in [1.82, 2.24) is 5.32 Å². The molecule has 0 aromatic heterocycles. The molecule has 0 heterocycles. The largest absolute Gasteiger partial charge is 0.399 e. The van der Waals surface area contributed by atoms with E-state index < -0.39 is 6.10 Å². The van der Waals surface area contributed by atoms with E-state index in [4.69, 9.17) is 5.73 Å². The van der Waals surface area contributed by atoms with Gasteiger partial charge in [0.2, 0.25) is 0 Å². The number of anilines is 1. The molecule has 2 aromatic rings. The summed E-state index contributed by atoms with van der Waals surface area (Å²) in [6.07, 6.45) is -0.0228. The lowest BCUT2D eigenvalue weighted by Gasteiger charge is -2.18. The topological polar surface area (TPSA) is 75.4 Å². The van der Waals surface area contributed by atoms with Gasteiger partial charge in [-0.15, -0.1) is 0 Å². The zero-order chi connectivity index (χ0) is 15.0. The molecule has 2 aromatic carbocycles. The second kappa shape index (κ2) is 5.22. The number of fused-ring (bicyclic) bond motifs is 1. The lowest BCUT2D eigenvalue weighted by atomic mass is 10.1. The van der Waals surface area contributed by atoms with Crippen LogP contribution in [0.5, 0.6) is 0 Å². The summed E-state index contributed by atoms with van der Waals surface area (Å²) in [4.78, 5) is 12.4. The van der Waals surface area contributed by atoms with Crippen LogP contribution in [0.3, 0.4) is 0 Å². The summed E-state index contributed by atoms with van der Waals surface area (Å²) in [7, 11) is 0. The van der Waals surface area contributed by atoms with Crippen LogP contribution in [0.2, 0.25) is 0 Å². The summed E-state index contributed by atoms with van der Waals surface area (Å²) < 4.78 is 0. The second-order valence-electron chi connectivity index (χ2n) is 5.55. The highest BCUT2D eigenvalue weighted by Crippen LogP contribution is 2.31. The summed E-state index contributed by atoms with van der Waals surface area (Å²) in [5.41, 5.74) is 9.87. The fourth-order valence-corrected chi connectivity index (χ4v) is 2.92. The average molecular weight is 282 g/mol. The molecule has 1 aliphatic rings. The number of carbonyl (C=O) groups is 1. The number of nitrogens with two attached hydrogens (primary N) is 1. The molecule has 0 unspecified atom stereocenters. The molecule has 1 aliphatic carbocycles. The highest BCUT2D eigenvalue weighted by Gasteiger charge is 2.32. The standard InChI is InChI=1S/C17H18N2O2/c1-10-6-12(8-13(18)7-10)17(21)19-16-14-5-3-2-4-11(14)9-15(16)20/h2-8,15-16,20H,9,18H2,1H3,(H,19,21)/t15-,16+/m1/s1. The first-order chi connectivity index (χ1) is 10.0. The summed E-state index contributed by atoms with van der Waals surface area (Å²) >= 11 is 0. The summed E-state index contributed by atoms with van der Waals surface area (Å²) in [6.45, 7) is 1.90. The molecule has 4 N–H and O–H groups in total. The van der Waals surface area contributed by atoms with Crippen LogP contribution in [-0.2, 0) is 6.42 Å². The Bertz CT molecular complexity index is 677. The molecule has 0 spiro atoms. The van der Waals surface area contributed by atoms with Crippen molar-refractivity contribution in [2.75, 3.05) is 5.73 Å². The van der Waals surface area contributed by atoms with Crippen LogP contribution in [-0.4, -0.2) is 17.1 Å². The fourth-order valence-electron chi connectivity index (χ4n) is 2.92. The Balaban J connectivity index is 1.85. The van der Waals surface area contributed by atoms with Crippen LogP contribution >= 0.6 is 0 Å². The Morgan fingerprint density at radius 2 is 2.05 bits per heavy atom. The van der Waals surface area contributed by atoms with Crippen LogP contribution in [0.15, 0.2) is 42.5 Å². The van der Waals surface area contributed by atoms with Gasteiger partial charge in [0, 0.05) is 17.7 Å². The number of benzene rings is 2. The van der Waals surface area contributed by atoms with Crippen LogP contribution in [0.25, 0.3) is 0 Å². The molecule has 0 fully saturated rings. The van der Waals surface area contributed by atoms with E-state index in [0.717, 1.165) is 16.7 Å². The number of aryl methyl sites for hydroxylation is 1. The van der Waals surface area contributed by atoms with Gasteiger partial charge in [-0.05, 0) is 41.8 Å². The van der Waals surface area contributed by atoms with Crippen molar-refractivity contribution >= 4 is 11.6 Å². The van der Waals surface area contributed by atoms with Crippen molar-refractivity contribution in [3.05, 3.63) is 64.7 Å². The van der Waals surface area contributed by atoms with Gasteiger partial charge in [0.05, 0.1) is 12.1 Å². The molecular formula is C17H18N2O2. The normalized spacial score (nSPS) is 20.1. The third kappa shape index (κ3) is 2.62. The molecule has 108 valence electrons. The smallest absolute Gasteiger partial charge is 0.251 e. The number of hydrogen-bond donors (Lipinski definition) is 3. The zero-order valence-corrected chi connectivity index (χ0v) is 11.8. The Labute approximate surface area is 123 Å². The van der Waals surface area contributed by atoms with Crippen molar-refractivity contribution in [3.8, 4) is 0 Å². The van der Waals surface area contributed by atoms with Crippen LogP contribution < -0.4 is 11.1 Å². The van der Waals surface area contributed by atoms with Crippen molar-refractivity contribution < 1.29 is 9.90 Å². The minimum Gasteiger partial charge on any atom is -0.399 e. The highest BCUT2D eigenvalue weighted by atomic mass is 16.3. The monoisotopic (exact) mass is 282 g/mol. The lowest BCUT2D eigenvalue weighted by Crippen LogP contribution is -2.33. The molecule has 4 nitrogen and oxygen atoms in total. The predicted molar refractivity (Wildman–Crippen MR) is 82.0 cm³/mol. The van der Waals surface area contributed by atoms with Gasteiger partial charge >= 0.3 is 0 Å². The van der Waals surface area contributed by atoms with E-state index in [1.54, 1.807) is 12.1 Å². The Morgan fingerprint density at radius 1 is 1.29 bits per heavy atom. The van der Waals surface area contributed by atoms with Crippen LogP contribution in [0, 0.1) is 6.92 Å². The van der Waals surface area contributed by atoms with E-state index in [-0.39, 0.29) is 11.9 Å². The van der Waals surface area contributed by atoms with E-state index in [0.29, 0.717) is 17.7 Å². The van der Waals surface area contributed by atoms with E-state index >= 15 is 0 Å². The minimum atomic E-state index is -0.589. The zero-order valence-electron chi connectivity index (χ0n) is 11.8. The SMILES string of the molecule is Cc1cc(N)cc(C(=O)N[C@H]2c3ccccc3C[C@H]2O)c1. The Hall–Kier alpha value is -2.33. The highest BCUT2D eigenvalue weighted by molar-refractivity contribution is 5.95. The summed E-state index contributed by atoms with van der Waals surface area (Å²) in [5.74, 6) is -0.217. The molecule has 1 amide bonds. The van der Waals surface area contributed by atoms with Crippen LogP contribution in [0.4, 0.5) is 5.69 Å². The van der Waals surface area contributed by atoms with Gasteiger partial charge in [0.15, 0.2) is 0 Å². The third-order valence-corrected chi connectivity index (χ3v) is 3.85. The van der Waals surface area contributed by atoms with E-state index in [1.807, 2.05) is 37.3 Å².